The van der Waals surface area contributed by atoms with E-state index >= 15 is 0 Å². The topological polar surface area (TPSA) is 123 Å². The first-order valence-electron chi connectivity index (χ1n) is 19.0. The van der Waals surface area contributed by atoms with Crippen molar-refractivity contribution in [3.63, 3.8) is 0 Å². The van der Waals surface area contributed by atoms with Crippen LogP contribution in [0, 0.1) is 5.92 Å². The maximum absolute atomic E-state index is 12.6. The molecule has 11 heteroatoms. The molecular weight excluding hydrogens is 702 g/mol. The molecule has 292 valence electrons. The van der Waals surface area contributed by atoms with Gasteiger partial charge in [0.15, 0.2) is 12.6 Å². The molecule has 0 radical (unpaired) electrons. The van der Waals surface area contributed by atoms with Gasteiger partial charge < -0.3 is 48.3 Å². The van der Waals surface area contributed by atoms with Gasteiger partial charge in [0.25, 0.3) is 0 Å². The predicted molar refractivity (Wildman–Crippen MR) is 202 cm³/mol. The largest absolute Gasteiger partial charge is 0.388 e. The summed E-state index contributed by atoms with van der Waals surface area (Å²) in [6.07, 6.45) is -6.39. The molecule has 1 aliphatic carbocycles. The number of hydrogen-bond donors (Lipinski definition) is 2. The second-order valence-corrected chi connectivity index (χ2v) is 14.3. The molecule has 3 aliphatic rings. The van der Waals surface area contributed by atoms with E-state index in [0.29, 0.717) is 19.6 Å². The number of rotatable bonds is 15. The Balaban J connectivity index is 1.18. The summed E-state index contributed by atoms with van der Waals surface area (Å²) in [6, 6.07) is 38.5. The SMILES string of the molecule is CO[C@@H]1O[C@H](COCc2ccccc2)[C@@H](O[C@@H]2C[C@@H]3CO[C@@H](c4ccccc4)O[C@H]3[C@H](OCc3ccccc3)[C@@H]2O)[C@H](OCc2ccccc2)[C@H]1NC(C)=O. The predicted octanol–water partition coefficient (Wildman–Crippen LogP) is 5.50. The van der Waals surface area contributed by atoms with Crippen molar-refractivity contribution in [2.24, 2.45) is 5.92 Å². The Morgan fingerprint density at radius 1 is 0.745 bits per heavy atom. The highest BCUT2D eigenvalue weighted by Crippen LogP contribution is 2.41. The molecule has 11 nitrogen and oxygen atoms in total. The van der Waals surface area contributed by atoms with Gasteiger partial charge in [0.2, 0.25) is 5.91 Å². The van der Waals surface area contributed by atoms with Crippen LogP contribution in [0.1, 0.15) is 41.9 Å². The van der Waals surface area contributed by atoms with E-state index in [1.165, 1.54) is 14.0 Å². The smallest absolute Gasteiger partial charge is 0.217 e. The average molecular weight is 754 g/mol. The minimum Gasteiger partial charge on any atom is -0.388 e. The molecule has 2 aliphatic heterocycles. The number of aliphatic hydroxyl groups excluding tert-OH is 1. The van der Waals surface area contributed by atoms with Crippen LogP contribution < -0.4 is 5.32 Å². The number of hydrogen-bond acceptors (Lipinski definition) is 10. The third-order valence-electron chi connectivity index (χ3n) is 10.4. The van der Waals surface area contributed by atoms with Gasteiger partial charge in [0.1, 0.15) is 36.6 Å². The molecule has 1 saturated carbocycles. The average Bonchev–Trinajstić information content (AvgIpc) is 3.22. The Hall–Kier alpha value is -4.01. The van der Waals surface area contributed by atoms with Crippen LogP contribution in [0.2, 0.25) is 0 Å². The summed E-state index contributed by atoms with van der Waals surface area (Å²) >= 11 is 0. The van der Waals surface area contributed by atoms with Crippen LogP contribution in [-0.4, -0.2) is 86.4 Å². The van der Waals surface area contributed by atoms with Crippen molar-refractivity contribution in [1.29, 1.82) is 0 Å². The van der Waals surface area contributed by atoms with Gasteiger partial charge in [-0.15, -0.1) is 0 Å². The lowest BCUT2D eigenvalue weighted by Crippen LogP contribution is -2.67. The number of benzene rings is 4. The Morgan fingerprint density at radius 2 is 1.31 bits per heavy atom. The molecular formula is C44H51NO10. The van der Waals surface area contributed by atoms with E-state index in [1.807, 2.05) is 121 Å². The van der Waals surface area contributed by atoms with Gasteiger partial charge in [0, 0.05) is 25.5 Å². The zero-order valence-electron chi connectivity index (χ0n) is 31.3. The molecule has 1 amide bonds. The molecule has 3 fully saturated rings. The van der Waals surface area contributed by atoms with Gasteiger partial charge >= 0.3 is 0 Å². The zero-order chi connectivity index (χ0) is 38.0. The van der Waals surface area contributed by atoms with Crippen molar-refractivity contribution in [1.82, 2.24) is 5.32 Å². The van der Waals surface area contributed by atoms with Crippen molar-refractivity contribution in [3.8, 4) is 0 Å². The first-order chi connectivity index (χ1) is 27.0. The fraction of sp³-hybridized carbons (Fsp3) is 0.432. The maximum Gasteiger partial charge on any atom is 0.217 e. The van der Waals surface area contributed by atoms with Gasteiger partial charge in [-0.1, -0.05) is 121 Å². The van der Waals surface area contributed by atoms with E-state index in [4.69, 9.17) is 37.9 Å². The fourth-order valence-corrected chi connectivity index (χ4v) is 7.70. The van der Waals surface area contributed by atoms with E-state index in [-0.39, 0.29) is 31.6 Å². The summed E-state index contributed by atoms with van der Waals surface area (Å²) in [5.74, 6) is -0.436. The number of methoxy groups -OCH3 is 1. The standard InChI is InChI=1S/C44H51NO10/c1-29(46)45-37-41(50-25-31-17-9-4-10-18-31)40(36(54-44(37)48-2)28-49-24-30-15-7-3-8-16-30)53-35-23-34-27-52-43(33-21-13-6-14-22-33)55-39(34)42(38(35)47)51-26-32-19-11-5-12-20-32/h3-22,34-44,47H,23-28H2,1-2H3,(H,45,46)/t34-,35-,36-,37-,38-,39-,40-,41-,42-,43-,44-/m1/s1. The van der Waals surface area contributed by atoms with Crippen LogP contribution in [0.25, 0.3) is 0 Å². The number of ether oxygens (including phenoxy) is 8. The molecule has 0 spiro atoms. The summed E-state index contributed by atoms with van der Waals surface area (Å²) in [7, 11) is 1.53. The number of nitrogens with one attached hydrogen (secondary N) is 1. The third-order valence-corrected chi connectivity index (χ3v) is 10.4. The normalized spacial score (nSPS) is 30.6. The van der Waals surface area contributed by atoms with Crippen LogP contribution in [0.5, 0.6) is 0 Å². The first kappa shape index (κ1) is 39.2. The Labute approximate surface area is 322 Å². The van der Waals surface area contributed by atoms with Crippen molar-refractivity contribution in [2.45, 2.75) is 94.5 Å². The summed E-state index contributed by atoms with van der Waals surface area (Å²) < 4.78 is 51.8. The van der Waals surface area contributed by atoms with Crippen LogP contribution in [0.4, 0.5) is 0 Å². The molecule has 0 aromatic heterocycles. The van der Waals surface area contributed by atoms with Crippen molar-refractivity contribution < 1.29 is 47.8 Å². The van der Waals surface area contributed by atoms with Crippen molar-refractivity contribution in [3.05, 3.63) is 144 Å². The quantitative estimate of drug-likeness (QED) is 0.161. The molecule has 4 aromatic rings. The third kappa shape index (κ3) is 10.1. The highest BCUT2D eigenvalue weighted by atomic mass is 16.7. The van der Waals surface area contributed by atoms with Crippen LogP contribution in [-0.2, 0) is 62.5 Å². The number of carbonyl (C=O) groups excluding carboxylic acids is 1. The van der Waals surface area contributed by atoms with Gasteiger partial charge in [-0.25, -0.2) is 0 Å². The lowest BCUT2D eigenvalue weighted by Gasteiger charge is -2.51. The van der Waals surface area contributed by atoms with E-state index in [1.54, 1.807) is 0 Å². The zero-order valence-corrected chi connectivity index (χ0v) is 31.3. The Bertz CT molecular complexity index is 1730. The monoisotopic (exact) mass is 753 g/mol. The van der Waals surface area contributed by atoms with Crippen LogP contribution in [0.15, 0.2) is 121 Å². The number of fused-ring (bicyclic) bond motifs is 1. The van der Waals surface area contributed by atoms with Gasteiger partial charge in [-0.2, -0.15) is 0 Å². The second kappa shape index (κ2) is 19.2. The molecule has 2 N–H and O–H groups in total. The molecule has 0 unspecified atom stereocenters. The number of amides is 1. The first-order valence-corrected chi connectivity index (χ1v) is 19.0. The van der Waals surface area contributed by atoms with Crippen LogP contribution in [0.3, 0.4) is 0 Å². The van der Waals surface area contributed by atoms with Crippen molar-refractivity contribution in [2.75, 3.05) is 20.3 Å². The summed E-state index contributed by atoms with van der Waals surface area (Å²) in [5, 5.41) is 15.3. The minimum absolute atomic E-state index is 0.130. The number of carbonyl (C=O) groups is 1. The summed E-state index contributed by atoms with van der Waals surface area (Å²) in [6.45, 7) is 2.80. The fourth-order valence-electron chi connectivity index (χ4n) is 7.70. The van der Waals surface area contributed by atoms with Gasteiger partial charge in [0.05, 0.1) is 45.2 Å². The van der Waals surface area contributed by atoms with E-state index in [2.05, 4.69) is 5.32 Å². The molecule has 0 bridgehead atoms. The minimum atomic E-state index is -1.10. The number of aliphatic hydroxyl groups is 1. The van der Waals surface area contributed by atoms with E-state index in [9.17, 15) is 9.90 Å². The second-order valence-electron chi connectivity index (χ2n) is 14.3. The molecule has 11 atom stereocenters. The summed E-state index contributed by atoms with van der Waals surface area (Å²) in [5.41, 5.74) is 3.81. The highest BCUT2D eigenvalue weighted by molar-refractivity contribution is 5.73. The molecule has 2 saturated heterocycles. The van der Waals surface area contributed by atoms with Gasteiger partial charge in [-0.3, -0.25) is 4.79 Å². The lowest BCUT2D eigenvalue weighted by molar-refractivity contribution is -0.324. The molecule has 55 heavy (non-hydrogen) atoms. The van der Waals surface area contributed by atoms with E-state index in [0.717, 1.165) is 22.3 Å². The van der Waals surface area contributed by atoms with Crippen molar-refractivity contribution >= 4 is 5.91 Å². The Kier molecular flexibility index (Phi) is 13.7. The lowest BCUT2D eigenvalue weighted by atomic mass is 9.79. The Morgan fingerprint density at radius 3 is 1.89 bits per heavy atom. The van der Waals surface area contributed by atoms with Crippen LogP contribution >= 0.6 is 0 Å². The molecule has 4 aromatic carbocycles. The van der Waals surface area contributed by atoms with E-state index < -0.39 is 61.3 Å². The maximum atomic E-state index is 12.6. The summed E-state index contributed by atoms with van der Waals surface area (Å²) in [4.78, 5) is 12.6. The van der Waals surface area contributed by atoms with Gasteiger partial charge in [-0.05, 0) is 23.1 Å². The highest BCUT2D eigenvalue weighted by Gasteiger charge is 2.54. The molecule has 7 rings (SSSR count). The molecule has 2 heterocycles.